The average Bonchev–Trinajstić information content (AvgIpc) is 2.25. The third kappa shape index (κ3) is 1.94. The van der Waals surface area contributed by atoms with Gasteiger partial charge in [0.15, 0.2) is 0 Å². The number of aliphatic hydroxyl groups is 2. The highest BCUT2D eigenvalue weighted by molar-refractivity contribution is 5.04. The van der Waals surface area contributed by atoms with Gasteiger partial charge in [0.05, 0.1) is 0 Å². The molecule has 17 heavy (non-hydrogen) atoms. The maximum atomic E-state index is 11.6. The fraction of sp³-hybridized carbons (Fsp3) is 0.636. The molecular weight excluding hydrogens is 224 g/mol. The lowest BCUT2D eigenvalue weighted by Crippen LogP contribution is -2.47. The minimum absolute atomic E-state index is 0.0127. The second kappa shape index (κ2) is 4.46. The Morgan fingerprint density at radius 1 is 1.41 bits per heavy atom. The van der Waals surface area contributed by atoms with Crippen molar-refractivity contribution in [2.75, 3.05) is 13.2 Å². The van der Waals surface area contributed by atoms with E-state index in [-0.39, 0.29) is 36.7 Å². The topological polar surface area (TPSA) is 95.3 Å². The van der Waals surface area contributed by atoms with E-state index in [1.165, 1.54) is 10.8 Å². The molecule has 6 nitrogen and oxygen atoms in total. The van der Waals surface area contributed by atoms with Gasteiger partial charge in [0, 0.05) is 36.9 Å². The predicted molar refractivity (Wildman–Crippen MR) is 60.9 cm³/mol. The monoisotopic (exact) mass is 240 g/mol. The van der Waals surface area contributed by atoms with E-state index < -0.39 is 5.69 Å². The molecule has 0 aliphatic heterocycles. The maximum Gasteiger partial charge on any atom is 0.328 e. The molecular formula is C11H16N2O4. The molecule has 1 saturated carbocycles. The molecule has 0 saturated heterocycles. The Kier molecular flexibility index (Phi) is 3.17. The summed E-state index contributed by atoms with van der Waals surface area (Å²) in [6.07, 6.45) is 2.16. The number of aryl methyl sites for hydroxylation is 1. The van der Waals surface area contributed by atoms with Crippen molar-refractivity contribution in [3.8, 4) is 0 Å². The first-order valence-corrected chi connectivity index (χ1v) is 5.62. The summed E-state index contributed by atoms with van der Waals surface area (Å²) < 4.78 is 1.45. The molecule has 0 spiro atoms. The standard InChI is InChI=1S/C11H16N2O4/c1-6-3-13(11(17)12-10(6)16)9-2-7(4-14)8(9)5-15/h3,7-9,14-15H,2,4-5H2,1H3,(H,12,16,17)/t7-,8+,9+/m0/s1. The molecule has 0 aromatic carbocycles. The minimum Gasteiger partial charge on any atom is -0.396 e. The van der Waals surface area contributed by atoms with Crippen molar-refractivity contribution in [3.63, 3.8) is 0 Å². The molecule has 94 valence electrons. The van der Waals surface area contributed by atoms with Crippen molar-refractivity contribution in [2.45, 2.75) is 19.4 Å². The number of nitrogens with zero attached hydrogens (tertiary/aromatic N) is 1. The van der Waals surface area contributed by atoms with E-state index >= 15 is 0 Å². The molecule has 1 aliphatic rings. The maximum absolute atomic E-state index is 11.6. The minimum atomic E-state index is -0.458. The third-order valence-electron chi connectivity index (χ3n) is 3.59. The highest BCUT2D eigenvalue weighted by Gasteiger charge is 2.41. The van der Waals surface area contributed by atoms with Crippen molar-refractivity contribution < 1.29 is 10.2 Å². The second-order valence-corrected chi connectivity index (χ2v) is 4.57. The van der Waals surface area contributed by atoms with Gasteiger partial charge in [-0.05, 0) is 19.3 Å². The molecule has 6 heteroatoms. The number of aromatic amines is 1. The van der Waals surface area contributed by atoms with E-state index in [1.807, 2.05) is 0 Å². The lowest BCUT2D eigenvalue weighted by atomic mass is 9.70. The van der Waals surface area contributed by atoms with Crippen LogP contribution in [-0.2, 0) is 0 Å². The van der Waals surface area contributed by atoms with Crippen molar-refractivity contribution in [1.82, 2.24) is 9.55 Å². The molecule has 2 rings (SSSR count). The van der Waals surface area contributed by atoms with Gasteiger partial charge in [0.2, 0.25) is 0 Å². The van der Waals surface area contributed by atoms with E-state index in [0.717, 1.165) is 0 Å². The predicted octanol–water partition coefficient (Wildman–Crippen LogP) is -0.993. The quantitative estimate of drug-likeness (QED) is 0.632. The van der Waals surface area contributed by atoms with Crippen molar-refractivity contribution in [1.29, 1.82) is 0 Å². The van der Waals surface area contributed by atoms with Crippen LogP contribution < -0.4 is 11.2 Å². The molecule has 1 aromatic heterocycles. The Labute approximate surface area is 97.5 Å². The first kappa shape index (κ1) is 12.1. The molecule has 0 unspecified atom stereocenters. The van der Waals surface area contributed by atoms with Gasteiger partial charge in [0.1, 0.15) is 0 Å². The van der Waals surface area contributed by atoms with Gasteiger partial charge in [-0.3, -0.25) is 14.3 Å². The number of aromatic nitrogens is 2. The first-order chi connectivity index (χ1) is 8.08. The van der Waals surface area contributed by atoms with Crippen LogP contribution in [0.4, 0.5) is 0 Å². The number of rotatable bonds is 3. The first-order valence-electron chi connectivity index (χ1n) is 5.62. The van der Waals surface area contributed by atoms with Crippen molar-refractivity contribution in [3.05, 3.63) is 32.6 Å². The van der Waals surface area contributed by atoms with Crippen LogP contribution in [0.1, 0.15) is 18.0 Å². The van der Waals surface area contributed by atoms with Gasteiger partial charge < -0.3 is 10.2 Å². The molecule has 0 bridgehead atoms. The number of aliphatic hydroxyl groups excluding tert-OH is 2. The summed E-state index contributed by atoms with van der Waals surface area (Å²) in [4.78, 5) is 25.1. The molecule has 0 amide bonds. The zero-order chi connectivity index (χ0) is 12.6. The Morgan fingerprint density at radius 3 is 2.71 bits per heavy atom. The number of nitrogens with one attached hydrogen (secondary N) is 1. The normalized spacial score (nSPS) is 27.8. The molecule has 1 fully saturated rings. The summed E-state index contributed by atoms with van der Waals surface area (Å²) in [6, 6.07) is -0.139. The lowest BCUT2D eigenvalue weighted by Gasteiger charge is -2.43. The van der Waals surface area contributed by atoms with Gasteiger partial charge in [0.25, 0.3) is 5.56 Å². The van der Waals surface area contributed by atoms with Gasteiger partial charge in [-0.25, -0.2) is 4.79 Å². The summed E-state index contributed by atoms with van der Waals surface area (Å²) in [5, 5.41) is 18.3. The Morgan fingerprint density at radius 2 is 2.12 bits per heavy atom. The van der Waals surface area contributed by atoms with Gasteiger partial charge in [-0.1, -0.05) is 0 Å². The smallest absolute Gasteiger partial charge is 0.328 e. The molecule has 1 aliphatic carbocycles. The summed E-state index contributed by atoms with van der Waals surface area (Å²) >= 11 is 0. The van der Waals surface area contributed by atoms with Gasteiger partial charge in [-0.15, -0.1) is 0 Å². The van der Waals surface area contributed by atoms with Crippen LogP contribution in [0.15, 0.2) is 15.8 Å². The van der Waals surface area contributed by atoms with Crippen molar-refractivity contribution >= 4 is 0 Å². The highest BCUT2D eigenvalue weighted by atomic mass is 16.3. The largest absolute Gasteiger partial charge is 0.396 e. The lowest BCUT2D eigenvalue weighted by molar-refractivity contribution is -0.00881. The van der Waals surface area contributed by atoms with Crippen LogP contribution >= 0.6 is 0 Å². The van der Waals surface area contributed by atoms with E-state index in [0.29, 0.717) is 12.0 Å². The van der Waals surface area contributed by atoms with Gasteiger partial charge >= 0.3 is 5.69 Å². The molecule has 1 aromatic rings. The van der Waals surface area contributed by atoms with E-state index in [1.54, 1.807) is 6.92 Å². The molecule has 3 N–H and O–H groups in total. The molecule has 3 atom stereocenters. The van der Waals surface area contributed by atoms with E-state index in [4.69, 9.17) is 5.11 Å². The van der Waals surface area contributed by atoms with E-state index in [2.05, 4.69) is 4.98 Å². The zero-order valence-corrected chi connectivity index (χ0v) is 9.59. The van der Waals surface area contributed by atoms with Crippen LogP contribution in [0.3, 0.4) is 0 Å². The Bertz CT molecular complexity index is 519. The summed E-state index contributed by atoms with van der Waals surface area (Å²) in [6.45, 7) is 1.57. The van der Waals surface area contributed by atoms with Gasteiger partial charge in [-0.2, -0.15) is 0 Å². The Hall–Kier alpha value is -1.40. The molecule has 1 heterocycles. The van der Waals surface area contributed by atoms with Crippen LogP contribution in [0.25, 0.3) is 0 Å². The van der Waals surface area contributed by atoms with Crippen LogP contribution in [0.5, 0.6) is 0 Å². The van der Waals surface area contributed by atoms with Crippen molar-refractivity contribution in [2.24, 2.45) is 11.8 Å². The third-order valence-corrected chi connectivity index (χ3v) is 3.59. The number of hydrogen-bond acceptors (Lipinski definition) is 4. The SMILES string of the molecule is Cc1cn([C@@H]2C[C@@H](CO)[C@H]2CO)c(=O)[nH]c1=O. The zero-order valence-electron chi connectivity index (χ0n) is 9.59. The fourth-order valence-electron chi connectivity index (χ4n) is 2.41. The van der Waals surface area contributed by atoms with Crippen LogP contribution in [0.2, 0.25) is 0 Å². The molecule has 0 radical (unpaired) electrons. The van der Waals surface area contributed by atoms with E-state index in [9.17, 15) is 14.7 Å². The number of H-pyrrole nitrogens is 1. The average molecular weight is 240 g/mol. The Balaban J connectivity index is 2.33. The summed E-state index contributed by atoms with van der Waals surface area (Å²) in [5.41, 5.74) is -0.376. The fourth-order valence-corrected chi connectivity index (χ4v) is 2.41. The summed E-state index contributed by atoms with van der Waals surface area (Å²) in [7, 11) is 0. The van der Waals surface area contributed by atoms with Crippen LogP contribution in [0, 0.1) is 18.8 Å². The number of hydrogen-bond donors (Lipinski definition) is 3. The van der Waals surface area contributed by atoms with Crippen LogP contribution in [-0.4, -0.2) is 33.0 Å². The second-order valence-electron chi connectivity index (χ2n) is 4.57. The highest BCUT2D eigenvalue weighted by Crippen LogP contribution is 2.42. The summed E-state index contributed by atoms with van der Waals surface area (Å²) in [5.74, 6) is -0.0906.